The fourth-order valence-corrected chi connectivity index (χ4v) is 5.69. The largest absolute Gasteiger partial charge is 0.368 e. The minimum Gasteiger partial charge on any atom is -0.368 e. The molecule has 0 radical (unpaired) electrons. The number of hydrogen-bond acceptors (Lipinski definition) is 9. The van der Waals surface area contributed by atoms with Crippen molar-refractivity contribution in [1.29, 1.82) is 5.26 Å². The number of imidazole rings is 1. The van der Waals surface area contributed by atoms with Crippen molar-refractivity contribution in [3.8, 4) is 22.6 Å². The first-order chi connectivity index (χ1) is 18.7. The van der Waals surface area contributed by atoms with E-state index in [4.69, 9.17) is 0 Å². The topological polar surface area (TPSA) is 130 Å². The molecule has 0 bridgehead atoms. The highest BCUT2D eigenvalue weighted by Crippen LogP contribution is 2.40. The monoisotopic (exact) mass is 526 g/mol. The second-order valence-corrected chi connectivity index (χ2v) is 11.1. The molecule has 5 heterocycles. The van der Waals surface area contributed by atoms with Crippen LogP contribution in [0.5, 0.6) is 0 Å². The Balaban J connectivity index is 1.15. The number of aromatic nitrogens is 7. The first kappa shape index (κ1) is 23.0. The number of thiazole rings is 1. The Hall–Kier alpha value is -4.11. The SMILES string of the molecule is N#CC1CCN(c2cnc(C(=O)Nc3csc(-c4nncn4C4CC4)n3)cc2-n2cnc(C3CC3)c2)CC1. The Morgan fingerprint density at radius 2 is 1.92 bits per heavy atom. The molecular weight excluding hydrogens is 500 g/mol. The molecule has 38 heavy (non-hydrogen) atoms. The molecule has 0 spiro atoms. The van der Waals surface area contributed by atoms with E-state index < -0.39 is 0 Å². The summed E-state index contributed by atoms with van der Waals surface area (Å²) in [6.07, 6.45) is 13.6. The molecule has 4 aromatic rings. The number of anilines is 2. The third-order valence-electron chi connectivity index (χ3n) is 7.44. The highest BCUT2D eigenvalue weighted by molar-refractivity contribution is 7.13. The number of hydrogen-bond donors (Lipinski definition) is 1. The van der Waals surface area contributed by atoms with E-state index in [1.807, 2.05) is 22.3 Å². The number of piperidine rings is 1. The van der Waals surface area contributed by atoms with Crippen LogP contribution in [0.15, 0.2) is 36.5 Å². The molecule has 11 nitrogen and oxygen atoms in total. The molecule has 192 valence electrons. The summed E-state index contributed by atoms with van der Waals surface area (Å²) < 4.78 is 4.04. The van der Waals surface area contributed by atoms with E-state index in [-0.39, 0.29) is 11.8 Å². The Morgan fingerprint density at radius 3 is 2.68 bits per heavy atom. The van der Waals surface area contributed by atoms with Crippen LogP contribution in [0.4, 0.5) is 11.5 Å². The van der Waals surface area contributed by atoms with Crippen molar-refractivity contribution < 1.29 is 4.79 Å². The molecular formula is C26H26N10OS. The number of nitrogens with one attached hydrogen (secondary N) is 1. The molecule has 0 unspecified atom stereocenters. The molecule has 7 rings (SSSR count). The van der Waals surface area contributed by atoms with Gasteiger partial charge in [0.25, 0.3) is 5.91 Å². The molecule has 1 N–H and O–H groups in total. The number of carbonyl (C=O) groups excluding carboxylic acids is 1. The van der Waals surface area contributed by atoms with Crippen LogP contribution < -0.4 is 10.2 Å². The second kappa shape index (κ2) is 9.33. The number of pyridine rings is 1. The molecule has 1 amide bonds. The predicted molar refractivity (Wildman–Crippen MR) is 141 cm³/mol. The van der Waals surface area contributed by atoms with E-state index in [0.29, 0.717) is 23.5 Å². The van der Waals surface area contributed by atoms with Crippen LogP contribution in [0.2, 0.25) is 0 Å². The number of amides is 1. The maximum Gasteiger partial charge on any atom is 0.275 e. The average molecular weight is 527 g/mol. The highest BCUT2D eigenvalue weighted by atomic mass is 32.1. The van der Waals surface area contributed by atoms with Gasteiger partial charge in [0.15, 0.2) is 10.8 Å². The van der Waals surface area contributed by atoms with Crippen molar-refractivity contribution in [2.24, 2.45) is 5.92 Å². The normalized spacial score (nSPS) is 17.9. The molecule has 0 aromatic carbocycles. The van der Waals surface area contributed by atoms with Gasteiger partial charge in [-0.25, -0.2) is 15.0 Å². The molecule has 2 aliphatic carbocycles. The van der Waals surface area contributed by atoms with Crippen molar-refractivity contribution in [3.05, 3.63) is 47.9 Å². The van der Waals surface area contributed by atoms with Crippen molar-refractivity contribution in [1.82, 2.24) is 34.3 Å². The summed E-state index contributed by atoms with van der Waals surface area (Å²) in [6, 6.07) is 4.65. The number of rotatable bonds is 7. The summed E-state index contributed by atoms with van der Waals surface area (Å²) >= 11 is 1.43. The number of nitrogens with zero attached hydrogens (tertiary/aromatic N) is 9. The van der Waals surface area contributed by atoms with Gasteiger partial charge in [-0.1, -0.05) is 0 Å². The lowest BCUT2D eigenvalue weighted by Gasteiger charge is -2.32. The summed E-state index contributed by atoms with van der Waals surface area (Å²) in [7, 11) is 0. The highest BCUT2D eigenvalue weighted by Gasteiger charge is 2.29. The summed E-state index contributed by atoms with van der Waals surface area (Å²) in [4.78, 5) is 29.2. The summed E-state index contributed by atoms with van der Waals surface area (Å²) in [6.45, 7) is 1.55. The van der Waals surface area contributed by atoms with Crippen LogP contribution in [0, 0.1) is 17.2 Å². The summed E-state index contributed by atoms with van der Waals surface area (Å²) in [5, 5.41) is 23.0. The number of nitriles is 1. The van der Waals surface area contributed by atoms with Crippen LogP contribution in [-0.2, 0) is 0 Å². The van der Waals surface area contributed by atoms with E-state index in [0.717, 1.165) is 66.7 Å². The minimum atomic E-state index is -0.330. The molecule has 4 aromatic heterocycles. The Kier molecular flexibility index (Phi) is 5.65. The summed E-state index contributed by atoms with van der Waals surface area (Å²) in [5.74, 6) is 1.48. The lowest BCUT2D eigenvalue weighted by Crippen LogP contribution is -2.34. The van der Waals surface area contributed by atoms with Crippen LogP contribution in [0.25, 0.3) is 16.5 Å². The predicted octanol–water partition coefficient (Wildman–Crippen LogP) is 4.19. The zero-order valence-electron chi connectivity index (χ0n) is 20.7. The van der Waals surface area contributed by atoms with Crippen LogP contribution in [0.3, 0.4) is 0 Å². The van der Waals surface area contributed by atoms with Gasteiger partial charge in [-0.2, -0.15) is 5.26 Å². The smallest absolute Gasteiger partial charge is 0.275 e. The quantitative estimate of drug-likeness (QED) is 0.379. The minimum absolute atomic E-state index is 0.0866. The Bertz CT molecular complexity index is 1530. The Labute approximate surface area is 223 Å². The Morgan fingerprint density at radius 1 is 1.08 bits per heavy atom. The van der Waals surface area contributed by atoms with E-state index in [2.05, 4.69) is 52.2 Å². The van der Waals surface area contributed by atoms with Crippen molar-refractivity contribution in [2.75, 3.05) is 23.3 Å². The van der Waals surface area contributed by atoms with Crippen LogP contribution in [-0.4, -0.2) is 53.3 Å². The van der Waals surface area contributed by atoms with Gasteiger partial charge in [0.05, 0.1) is 35.7 Å². The lowest BCUT2D eigenvalue weighted by atomic mass is 9.98. The van der Waals surface area contributed by atoms with E-state index in [9.17, 15) is 10.1 Å². The van der Waals surface area contributed by atoms with E-state index >= 15 is 0 Å². The van der Waals surface area contributed by atoms with Crippen molar-refractivity contribution in [3.63, 3.8) is 0 Å². The van der Waals surface area contributed by atoms with Gasteiger partial charge in [0, 0.05) is 42.5 Å². The fourth-order valence-electron chi connectivity index (χ4n) is 4.95. The van der Waals surface area contributed by atoms with Gasteiger partial charge in [0.1, 0.15) is 17.8 Å². The van der Waals surface area contributed by atoms with Crippen LogP contribution in [0.1, 0.15) is 66.7 Å². The second-order valence-electron chi connectivity index (χ2n) is 10.2. The van der Waals surface area contributed by atoms with Gasteiger partial charge in [-0.05, 0) is 44.6 Å². The molecule has 2 saturated carbocycles. The number of carbonyl (C=O) groups is 1. The van der Waals surface area contributed by atoms with Gasteiger partial charge < -0.3 is 19.4 Å². The zero-order chi connectivity index (χ0) is 25.6. The summed E-state index contributed by atoms with van der Waals surface area (Å²) in [5.41, 5.74) is 3.17. The molecule has 0 atom stereocenters. The van der Waals surface area contributed by atoms with Gasteiger partial charge in [0.2, 0.25) is 0 Å². The van der Waals surface area contributed by atoms with Gasteiger partial charge in [-0.15, -0.1) is 21.5 Å². The first-order valence-corrected chi connectivity index (χ1v) is 13.9. The van der Waals surface area contributed by atoms with Gasteiger partial charge in [-0.3, -0.25) is 4.79 Å². The molecule has 1 saturated heterocycles. The molecule has 3 fully saturated rings. The maximum absolute atomic E-state index is 13.3. The third kappa shape index (κ3) is 4.43. The lowest BCUT2D eigenvalue weighted by molar-refractivity contribution is 0.102. The molecule has 12 heteroatoms. The standard InChI is InChI=1S/C26H26N10OS/c27-10-16-5-7-34(8-6-16)22-11-28-19(9-21(22)35-12-20(29-14-35)17-1-2-17)25(37)31-23-13-38-26(32-23)24-33-30-15-36(24)18-3-4-18/h9,11-18H,1-8H2,(H,31,37). The third-order valence-corrected chi connectivity index (χ3v) is 8.28. The van der Waals surface area contributed by atoms with Crippen molar-refractivity contribution >= 4 is 28.7 Å². The maximum atomic E-state index is 13.3. The first-order valence-electron chi connectivity index (χ1n) is 13.0. The molecule has 1 aliphatic heterocycles. The van der Waals surface area contributed by atoms with Crippen LogP contribution >= 0.6 is 11.3 Å². The molecule has 3 aliphatic rings. The average Bonchev–Trinajstić information content (AvgIpc) is 3.83. The van der Waals surface area contributed by atoms with Crippen molar-refractivity contribution in [2.45, 2.75) is 50.5 Å². The van der Waals surface area contributed by atoms with E-state index in [1.165, 1.54) is 24.2 Å². The van der Waals surface area contributed by atoms with Gasteiger partial charge >= 0.3 is 0 Å². The zero-order valence-corrected chi connectivity index (χ0v) is 21.5. The van der Waals surface area contributed by atoms with E-state index in [1.54, 1.807) is 12.5 Å². The fraction of sp³-hybridized carbons (Fsp3) is 0.423.